The summed E-state index contributed by atoms with van der Waals surface area (Å²) < 4.78 is 6.13. The number of ether oxygens (including phenoxy) is 1. The van der Waals surface area contributed by atoms with Gasteiger partial charge in [0.1, 0.15) is 12.4 Å². The zero-order valence-corrected chi connectivity index (χ0v) is 20.2. The van der Waals surface area contributed by atoms with E-state index in [9.17, 15) is 9.59 Å². The van der Waals surface area contributed by atoms with Crippen LogP contribution in [-0.2, 0) is 24.2 Å². The first-order valence-electron chi connectivity index (χ1n) is 12.1. The van der Waals surface area contributed by atoms with E-state index in [1.165, 1.54) is 5.56 Å². The molecule has 1 aliphatic heterocycles. The van der Waals surface area contributed by atoms with Crippen LogP contribution in [0, 0.1) is 0 Å². The summed E-state index contributed by atoms with van der Waals surface area (Å²) in [4.78, 5) is 27.0. The smallest absolute Gasteiger partial charge is 0.259 e. The van der Waals surface area contributed by atoms with Gasteiger partial charge in [0.25, 0.3) is 5.91 Å². The quantitative estimate of drug-likeness (QED) is 0.413. The fourth-order valence-corrected chi connectivity index (χ4v) is 4.47. The number of aromatic nitrogens is 2. The average Bonchev–Trinajstić information content (AvgIpc) is 3.35. The molecule has 4 aromatic rings. The van der Waals surface area contributed by atoms with E-state index < -0.39 is 0 Å². The van der Waals surface area contributed by atoms with Crippen molar-refractivity contribution in [1.82, 2.24) is 15.1 Å². The maximum absolute atomic E-state index is 13.4. The van der Waals surface area contributed by atoms with Crippen LogP contribution in [0.3, 0.4) is 0 Å². The summed E-state index contributed by atoms with van der Waals surface area (Å²) in [5.41, 5.74) is 6.39. The molecule has 1 aliphatic rings. The number of benzene rings is 3. The lowest BCUT2D eigenvalue weighted by molar-refractivity contribution is -0.128. The summed E-state index contributed by atoms with van der Waals surface area (Å²) >= 11 is 0. The largest absolute Gasteiger partial charge is 0.488 e. The summed E-state index contributed by atoms with van der Waals surface area (Å²) in [7, 11) is 0. The Bertz CT molecular complexity index is 1370. The van der Waals surface area contributed by atoms with Gasteiger partial charge < -0.3 is 15.0 Å². The van der Waals surface area contributed by atoms with E-state index in [0.717, 1.165) is 47.3 Å². The molecule has 1 aromatic heterocycles. The Kier molecular flexibility index (Phi) is 6.80. The number of hydrogen-bond donors (Lipinski definition) is 2. The molecule has 2 N–H and O–H groups in total. The topological polar surface area (TPSA) is 87.3 Å². The Hall–Kier alpha value is -4.39. The second-order valence-corrected chi connectivity index (χ2v) is 8.92. The Morgan fingerprint density at radius 3 is 2.53 bits per heavy atom. The first-order chi connectivity index (χ1) is 17.6. The number of aromatic amines is 1. The van der Waals surface area contributed by atoms with Gasteiger partial charge in [-0.2, -0.15) is 5.10 Å². The van der Waals surface area contributed by atoms with E-state index in [0.29, 0.717) is 24.5 Å². The van der Waals surface area contributed by atoms with Crippen LogP contribution in [0.25, 0.3) is 11.1 Å². The van der Waals surface area contributed by atoms with Gasteiger partial charge >= 0.3 is 0 Å². The van der Waals surface area contributed by atoms with Crippen molar-refractivity contribution in [1.29, 1.82) is 0 Å². The molecule has 0 saturated carbocycles. The molecule has 7 nitrogen and oxygen atoms in total. The Morgan fingerprint density at radius 2 is 1.78 bits per heavy atom. The first-order valence-corrected chi connectivity index (χ1v) is 12.1. The highest BCUT2D eigenvalue weighted by atomic mass is 16.5. The number of carbonyl (C=O) groups is 2. The molecule has 0 unspecified atom stereocenters. The molecular weight excluding hydrogens is 452 g/mol. The number of hydrogen-bond acceptors (Lipinski definition) is 4. The maximum atomic E-state index is 13.4. The van der Waals surface area contributed by atoms with Crippen LogP contribution < -0.4 is 10.1 Å². The molecule has 0 spiro atoms. The third-order valence-electron chi connectivity index (χ3n) is 6.51. The minimum Gasteiger partial charge on any atom is -0.488 e. The number of H-pyrrole nitrogens is 1. The molecule has 0 saturated heterocycles. The fraction of sp³-hybridized carbons (Fsp3) is 0.207. The maximum Gasteiger partial charge on any atom is 0.259 e. The third-order valence-corrected chi connectivity index (χ3v) is 6.51. The van der Waals surface area contributed by atoms with E-state index in [1.54, 1.807) is 25.4 Å². The second-order valence-electron chi connectivity index (χ2n) is 8.92. The van der Waals surface area contributed by atoms with Crippen molar-refractivity contribution in [3.05, 3.63) is 101 Å². The highest BCUT2D eigenvalue weighted by molar-refractivity contribution is 6.06. The van der Waals surface area contributed by atoms with Crippen LogP contribution in [0.1, 0.15) is 34.0 Å². The van der Waals surface area contributed by atoms with Gasteiger partial charge in [0.05, 0.1) is 11.8 Å². The van der Waals surface area contributed by atoms with Crippen molar-refractivity contribution in [2.24, 2.45) is 0 Å². The molecule has 0 aliphatic carbocycles. The number of fused-ring (bicyclic) bond motifs is 1. The SMILES string of the molecule is CC(=O)N1CCc2ccc(NC(=O)c3ccc(-c4cn[nH]c4)cc3OCc3ccccc3)cc2CC1. The van der Waals surface area contributed by atoms with Crippen LogP contribution in [0.15, 0.2) is 79.1 Å². The van der Waals surface area contributed by atoms with Crippen LogP contribution >= 0.6 is 0 Å². The van der Waals surface area contributed by atoms with Crippen LogP contribution in [0.2, 0.25) is 0 Å². The van der Waals surface area contributed by atoms with Crippen LogP contribution in [0.5, 0.6) is 5.75 Å². The van der Waals surface area contributed by atoms with Crippen molar-refractivity contribution in [3.63, 3.8) is 0 Å². The summed E-state index contributed by atoms with van der Waals surface area (Å²) in [6, 6.07) is 21.4. The summed E-state index contributed by atoms with van der Waals surface area (Å²) in [6.07, 6.45) is 5.12. The van der Waals surface area contributed by atoms with Gasteiger partial charge in [0.2, 0.25) is 5.91 Å². The lowest BCUT2D eigenvalue weighted by Crippen LogP contribution is -2.30. The molecular formula is C29H28N4O3. The zero-order chi connectivity index (χ0) is 24.9. The fourth-order valence-electron chi connectivity index (χ4n) is 4.47. The van der Waals surface area contributed by atoms with E-state index in [4.69, 9.17) is 4.74 Å². The molecule has 0 fully saturated rings. The molecule has 2 amide bonds. The Morgan fingerprint density at radius 1 is 0.972 bits per heavy atom. The highest BCUT2D eigenvalue weighted by Crippen LogP contribution is 2.29. The summed E-state index contributed by atoms with van der Waals surface area (Å²) in [5, 5.41) is 9.88. The molecule has 3 aromatic carbocycles. The van der Waals surface area contributed by atoms with Crippen LogP contribution in [-0.4, -0.2) is 40.0 Å². The monoisotopic (exact) mass is 480 g/mol. The van der Waals surface area contributed by atoms with E-state index in [1.807, 2.05) is 65.6 Å². The lowest BCUT2D eigenvalue weighted by Gasteiger charge is -2.17. The van der Waals surface area contributed by atoms with Crippen molar-refractivity contribution in [3.8, 4) is 16.9 Å². The molecule has 0 atom stereocenters. The van der Waals surface area contributed by atoms with Crippen molar-refractivity contribution in [2.45, 2.75) is 26.4 Å². The minimum absolute atomic E-state index is 0.0956. The van der Waals surface area contributed by atoms with Gasteiger partial charge in [-0.1, -0.05) is 42.5 Å². The number of rotatable bonds is 6. The molecule has 0 bridgehead atoms. The van der Waals surface area contributed by atoms with Crippen molar-refractivity contribution >= 4 is 17.5 Å². The second kappa shape index (κ2) is 10.5. The Labute approximate surface area is 210 Å². The number of anilines is 1. The van der Waals surface area contributed by atoms with E-state index >= 15 is 0 Å². The number of carbonyl (C=O) groups excluding carboxylic acids is 2. The Balaban J connectivity index is 1.37. The van der Waals surface area contributed by atoms with Gasteiger partial charge in [-0.3, -0.25) is 14.7 Å². The van der Waals surface area contributed by atoms with Gasteiger partial charge in [-0.15, -0.1) is 0 Å². The summed E-state index contributed by atoms with van der Waals surface area (Å²) in [6.45, 7) is 3.37. The third kappa shape index (κ3) is 5.30. The predicted molar refractivity (Wildman–Crippen MR) is 139 cm³/mol. The molecule has 7 heteroatoms. The molecule has 2 heterocycles. The van der Waals surface area contributed by atoms with Gasteiger partial charge in [0.15, 0.2) is 0 Å². The van der Waals surface area contributed by atoms with E-state index in [-0.39, 0.29) is 11.8 Å². The number of amides is 2. The first kappa shape index (κ1) is 23.4. The molecule has 182 valence electrons. The molecule has 36 heavy (non-hydrogen) atoms. The van der Waals surface area contributed by atoms with Gasteiger partial charge in [0, 0.05) is 37.5 Å². The normalized spacial score (nSPS) is 13.0. The standard InChI is InChI=1S/C29H28N4O3/c1-20(34)33-13-11-22-7-9-26(15-24(22)12-14-33)32-29(35)27-10-8-23(25-17-30-31-18-25)16-28(27)36-19-21-5-3-2-4-6-21/h2-10,15-18H,11-14,19H2,1H3,(H,30,31)(H,32,35). The minimum atomic E-state index is -0.240. The van der Waals surface area contributed by atoms with E-state index in [2.05, 4.69) is 15.5 Å². The predicted octanol–water partition coefficient (Wildman–Crippen LogP) is 4.86. The summed E-state index contributed by atoms with van der Waals surface area (Å²) in [5.74, 6) is 0.357. The van der Waals surface area contributed by atoms with Gasteiger partial charge in [-0.25, -0.2) is 0 Å². The van der Waals surface area contributed by atoms with Crippen molar-refractivity contribution < 1.29 is 14.3 Å². The zero-order valence-electron chi connectivity index (χ0n) is 20.2. The van der Waals surface area contributed by atoms with Crippen molar-refractivity contribution in [2.75, 3.05) is 18.4 Å². The van der Waals surface area contributed by atoms with Gasteiger partial charge in [-0.05, 0) is 59.4 Å². The molecule has 5 rings (SSSR count). The number of nitrogens with one attached hydrogen (secondary N) is 2. The lowest BCUT2D eigenvalue weighted by atomic mass is 10.0. The molecule has 0 radical (unpaired) electrons. The van der Waals surface area contributed by atoms with Crippen LogP contribution in [0.4, 0.5) is 5.69 Å². The highest BCUT2D eigenvalue weighted by Gasteiger charge is 2.18. The average molecular weight is 481 g/mol. The number of nitrogens with zero attached hydrogens (tertiary/aromatic N) is 2.